The number of aryl methyl sites for hydroxylation is 1. The predicted octanol–water partition coefficient (Wildman–Crippen LogP) is 4.71. The van der Waals surface area contributed by atoms with E-state index in [0.29, 0.717) is 18.0 Å². The van der Waals surface area contributed by atoms with Crippen LogP contribution in [0.2, 0.25) is 0 Å². The Morgan fingerprint density at radius 1 is 1.09 bits per heavy atom. The van der Waals surface area contributed by atoms with Crippen molar-refractivity contribution in [3.63, 3.8) is 0 Å². The highest BCUT2D eigenvalue weighted by atomic mass is 19.4. The van der Waals surface area contributed by atoms with Crippen LogP contribution in [-0.4, -0.2) is 53.2 Å². The molecule has 0 aliphatic carbocycles. The first-order valence-electron chi connectivity index (χ1n) is 10.9. The van der Waals surface area contributed by atoms with Crippen molar-refractivity contribution in [3.05, 3.63) is 60.3 Å². The first-order chi connectivity index (χ1) is 16.3. The lowest BCUT2D eigenvalue weighted by atomic mass is 10.1. The lowest BCUT2D eigenvalue weighted by Gasteiger charge is -2.17. The normalized spacial score (nSPS) is 14.2. The summed E-state index contributed by atoms with van der Waals surface area (Å²) in [6, 6.07) is 11.9. The van der Waals surface area contributed by atoms with E-state index in [1.807, 2.05) is 13.1 Å². The quantitative estimate of drug-likeness (QED) is 0.512. The van der Waals surface area contributed by atoms with Gasteiger partial charge in [0.1, 0.15) is 18.1 Å². The maximum Gasteiger partial charge on any atom is 0.573 e. The smallest absolute Gasteiger partial charge is 0.492 e. The van der Waals surface area contributed by atoms with Gasteiger partial charge in [-0.05, 0) is 74.5 Å². The van der Waals surface area contributed by atoms with Crippen molar-refractivity contribution in [1.29, 1.82) is 0 Å². The number of nitrogens with zero attached hydrogens (tertiary/aromatic N) is 3. The first-order valence-corrected chi connectivity index (χ1v) is 10.9. The van der Waals surface area contributed by atoms with Gasteiger partial charge in [0.2, 0.25) is 0 Å². The molecule has 1 saturated heterocycles. The zero-order chi connectivity index (χ0) is 24.1. The molecule has 0 radical (unpaired) electrons. The van der Waals surface area contributed by atoms with Crippen LogP contribution in [-0.2, 0) is 7.05 Å². The number of carbonyl (C=O) groups excluding carboxylic acids is 1. The molecule has 1 aromatic heterocycles. The third-order valence-corrected chi connectivity index (χ3v) is 5.55. The van der Waals surface area contributed by atoms with Crippen LogP contribution < -0.4 is 14.8 Å². The maximum atomic E-state index is 12.7. The van der Waals surface area contributed by atoms with Crippen LogP contribution in [0.4, 0.5) is 18.9 Å². The Bertz CT molecular complexity index is 1120. The summed E-state index contributed by atoms with van der Waals surface area (Å²) >= 11 is 0. The monoisotopic (exact) mass is 474 g/mol. The fourth-order valence-electron chi connectivity index (χ4n) is 3.87. The summed E-state index contributed by atoms with van der Waals surface area (Å²) in [4.78, 5) is 15.0. The molecule has 2 heterocycles. The minimum absolute atomic E-state index is 0.197. The van der Waals surface area contributed by atoms with E-state index < -0.39 is 18.0 Å². The van der Waals surface area contributed by atoms with E-state index in [1.54, 1.807) is 29.1 Å². The molecule has 180 valence electrons. The zero-order valence-electron chi connectivity index (χ0n) is 18.6. The molecule has 1 fully saturated rings. The van der Waals surface area contributed by atoms with Crippen LogP contribution in [0.25, 0.3) is 11.3 Å². The molecule has 1 aliphatic heterocycles. The van der Waals surface area contributed by atoms with E-state index in [9.17, 15) is 18.0 Å². The number of hydrogen-bond donors (Lipinski definition) is 1. The van der Waals surface area contributed by atoms with Gasteiger partial charge in [0.15, 0.2) is 0 Å². The summed E-state index contributed by atoms with van der Waals surface area (Å²) in [6.07, 6.45) is -0.678. The highest BCUT2D eigenvalue weighted by Gasteiger charge is 2.31. The Balaban J connectivity index is 1.48. The summed E-state index contributed by atoms with van der Waals surface area (Å²) in [7, 11) is 1.82. The molecule has 1 N–H and O–H groups in total. The second-order valence-electron chi connectivity index (χ2n) is 7.97. The highest BCUT2D eigenvalue weighted by Crippen LogP contribution is 2.33. The van der Waals surface area contributed by atoms with Crippen LogP contribution >= 0.6 is 0 Å². The van der Waals surface area contributed by atoms with Crippen molar-refractivity contribution >= 4 is 11.6 Å². The lowest BCUT2D eigenvalue weighted by molar-refractivity contribution is -0.274. The van der Waals surface area contributed by atoms with Crippen LogP contribution in [0.3, 0.4) is 0 Å². The Morgan fingerprint density at radius 2 is 1.82 bits per heavy atom. The summed E-state index contributed by atoms with van der Waals surface area (Å²) in [5.74, 6) is -0.176. The number of nitrogens with one attached hydrogen (secondary N) is 1. The van der Waals surface area contributed by atoms with Crippen molar-refractivity contribution < 1.29 is 27.4 Å². The van der Waals surface area contributed by atoms with Gasteiger partial charge < -0.3 is 14.8 Å². The van der Waals surface area contributed by atoms with Crippen LogP contribution in [0.5, 0.6) is 11.5 Å². The SMILES string of the molecule is Cn1nccc1-c1cc(NC(=O)c2ccc(OC(F)(F)F)cc2)ccc1OCCN1CCCC1. The van der Waals surface area contributed by atoms with Gasteiger partial charge in [-0.15, -0.1) is 13.2 Å². The van der Waals surface area contributed by atoms with Crippen molar-refractivity contribution in [2.45, 2.75) is 19.2 Å². The summed E-state index contributed by atoms with van der Waals surface area (Å²) in [5.41, 5.74) is 2.31. The maximum absolute atomic E-state index is 12.7. The minimum atomic E-state index is -4.79. The molecule has 4 rings (SSSR count). The fourth-order valence-corrected chi connectivity index (χ4v) is 3.87. The molecule has 34 heavy (non-hydrogen) atoms. The Labute approximate surface area is 195 Å². The number of carbonyl (C=O) groups is 1. The van der Waals surface area contributed by atoms with Gasteiger partial charge in [-0.25, -0.2) is 0 Å². The molecule has 3 aromatic rings. The van der Waals surface area contributed by atoms with Crippen LogP contribution in [0.15, 0.2) is 54.7 Å². The van der Waals surface area contributed by atoms with Crippen LogP contribution in [0.1, 0.15) is 23.2 Å². The highest BCUT2D eigenvalue weighted by molar-refractivity contribution is 6.04. The fraction of sp³-hybridized carbons (Fsp3) is 0.333. The molecule has 2 aromatic carbocycles. The molecular weight excluding hydrogens is 449 g/mol. The van der Waals surface area contributed by atoms with E-state index in [-0.39, 0.29) is 5.56 Å². The number of halogens is 3. The lowest BCUT2D eigenvalue weighted by Crippen LogP contribution is -2.25. The second-order valence-corrected chi connectivity index (χ2v) is 7.97. The molecule has 10 heteroatoms. The number of anilines is 1. The number of amides is 1. The van der Waals surface area contributed by atoms with E-state index in [2.05, 4.69) is 20.1 Å². The molecular formula is C24H25F3N4O3. The molecule has 1 amide bonds. The van der Waals surface area contributed by atoms with Crippen molar-refractivity contribution in [1.82, 2.24) is 14.7 Å². The van der Waals surface area contributed by atoms with Crippen molar-refractivity contribution in [2.24, 2.45) is 7.05 Å². The summed E-state index contributed by atoms with van der Waals surface area (Å²) in [5, 5.41) is 7.00. The van der Waals surface area contributed by atoms with Crippen molar-refractivity contribution in [2.75, 3.05) is 31.6 Å². The minimum Gasteiger partial charge on any atom is -0.492 e. The average Bonchev–Trinajstić information content (AvgIpc) is 3.46. The molecule has 0 unspecified atom stereocenters. The van der Waals surface area contributed by atoms with Crippen LogP contribution in [0, 0.1) is 0 Å². The van der Waals surface area contributed by atoms with Gasteiger partial charge >= 0.3 is 6.36 Å². The zero-order valence-corrected chi connectivity index (χ0v) is 18.6. The van der Waals surface area contributed by atoms with Gasteiger partial charge in [0.05, 0.1) is 5.69 Å². The van der Waals surface area contributed by atoms with Gasteiger partial charge in [0.25, 0.3) is 5.91 Å². The number of hydrogen-bond acceptors (Lipinski definition) is 5. The summed E-state index contributed by atoms with van der Waals surface area (Å²) < 4.78 is 48.7. The Hall–Kier alpha value is -3.53. The third-order valence-electron chi connectivity index (χ3n) is 5.55. The standard InChI is InChI=1S/C24H25F3N4O3/c1-30-21(10-11-28-30)20-16-18(6-9-22(20)33-15-14-31-12-2-3-13-31)29-23(32)17-4-7-19(8-5-17)34-24(25,26)27/h4-11,16H,2-3,12-15H2,1H3,(H,29,32). The largest absolute Gasteiger partial charge is 0.573 e. The Morgan fingerprint density at radius 3 is 2.47 bits per heavy atom. The topological polar surface area (TPSA) is 68.6 Å². The first kappa shape index (κ1) is 23.6. The van der Waals surface area contributed by atoms with E-state index in [1.165, 1.54) is 25.0 Å². The molecule has 1 aliphatic rings. The second kappa shape index (κ2) is 10.2. The van der Waals surface area contributed by atoms with Crippen molar-refractivity contribution in [3.8, 4) is 22.8 Å². The van der Waals surface area contributed by atoms with Gasteiger partial charge in [0, 0.05) is 36.6 Å². The van der Waals surface area contributed by atoms with Gasteiger partial charge in [-0.1, -0.05) is 0 Å². The molecule has 7 nitrogen and oxygen atoms in total. The number of alkyl halides is 3. The average molecular weight is 474 g/mol. The van der Waals surface area contributed by atoms with Gasteiger partial charge in [-0.3, -0.25) is 14.4 Å². The number of rotatable bonds is 8. The Kier molecular flexibility index (Phi) is 7.06. The molecule has 0 saturated carbocycles. The number of likely N-dealkylation sites (tertiary alicyclic amines) is 1. The van der Waals surface area contributed by atoms with E-state index in [0.717, 1.165) is 43.0 Å². The third kappa shape index (κ3) is 6.07. The molecule has 0 spiro atoms. The number of aromatic nitrogens is 2. The van der Waals surface area contributed by atoms with E-state index in [4.69, 9.17) is 4.74 Å². The van der Waals surface area contributed by atoms with E-state index >= 15 is 0 Å². The molecule has 0 atom stereocenters. The predicted molar refractivity (Wildman–Crippen MR) is 121 cm³/mol. The molecule has 0 bridgehead atoms. The number of benzene rings is 2. The number of ether oxygens (including phenoxy) is 2. The summed E-state index contributed by atoms with van der Waals surface area (Å²) in [6.45, 7) is 3.57. The van der Waals surface area contributed by atoms with Gasteiger partial charge in [-0.2, -0.15) is 5.10 Å².